The minimum Gasteiger partial charge on any atom is -0.345 e. The second-order valence-corrected chi connectivity index (χ2v) is 2.34. The maximum Gasteiger partial charge on any atom is 0.152 e. The normalized spacial score (nSPS) is 10.2. The zero-order valence-corrected chi connectivity index (χ0v) is 7.16. The molecule has 0 aliphatic heterocycles. The number of aliphatic imine (C=N–C) groups is 1. The van der Waals surface area contributed by atoms with Crippen LogP contribution in [0.25, 0.3) is 6.08 Å². The molecule has 0 spiro atoms. The minimum absolute atomic E-state index is 0.561. The summed E-state index contributed by atoms with van der Waals surface area (Å²) in [5.41, 5.74) is 1.28. The molecule has 1 N–H and O–H groups in total. The van der Waals surface area contributed by atoms with E-state index in [4.69, 9.17) is 0 Å². The second kappa shape index (κ2) is 4.21. The van der Waals surface area contributed by atoms with E-state index >= 15 is 0 Å². The van der Waals surface area contributed by atoms with E-state index in [1.54, 1.807) is 24.6 Å². The van der Waals surface area contributed by atoms with Gasteiger partial charge in [-0.15, -0.1) is 0 Å². The standard InChI is InChI=1S/C10H10N2O/c1-3-5-11-10-9(4-2)8(7-13)6-12-10/h3-7,12H,1-2H2/b11-5-. The summed E-state index contributed by atoms with van der Waals surface area (Å²) >= 11 is 0. The fourth-order valence-electron chi connectivity index (χ4n) is 0.984. The molecule has 1 aromatic rings. The minimum atomic E-state index is 0.561. The molecule has 1 rings (SSSR count). The molecule has 0 aliphatic carbocycles. The number of hydrogen-bond acceptors (Lipinski definition) is 2. The predicted molar refractivity (Wildman–Crippen MR) is 54.6 cm³/mol. The molecule has 66 valence electrons. The van der Waals surface area contributed by atoms with E-state index < -0.39 is 0 Å². The lowest BCUT2D eigenvalue weighted by molar-refractivity contribution is 0.112. The molecule has 0 amide bonds. The first-order valence-corrected chi connectivity index (χ1v) is 3.77. The van der Waals surface area contributed by atoms with Gasteiger partial charge >= 0.3 is 0 Å². The van der Waals surface area contributed by atoms with E-state index in [-0.39, 0.29) is 0 Å². The summed E-state index contributed by atoms with van der Waals surface area (Å²) in [5.74, 6) is 0.622. The van der Waals surface area contributed by atoms with Crippen molar-refractivity contribution in [3.8, 4) is 0 Å². The summed E-state index contributed by atoms with van der Waals surface area (Å²) in [7, 11) is 0. The first-order chi connectivity index (χ1) is 6.33. The number of aromatic amines is 1. The SMILES string of the molecule is C=C/C=N\c1[nH]cc(C=O)c1C=C. The molecule has 1 aromatic heterocycles. The van der Waals surface area contributed by atoms with Crippen molar-refractivity contribution in [2.75, 3.05) is 0 Å². The summed E-state index contributed by atoms with van der Waals surface area (Å²) in [6.07, 6.45) is 7.07. The molecule has 3 heteroatoms. The van der Waals surface area contributed by atoms with Crippen molar-refractivity contribution < 1.29 is 4.79 Å². The maximum atomic E-state index is 10.5. The van der Waals surface area contributed by atoms with E-state index in [0.717, 1.165) is 6.29 Å². The topological polar surface area (TPSA) is 45.2 Å². The Bertz CT molecular complexity index is 361. The van der Waals surface area contributed by atoms with Crippen molar-refractivity contribution in [3.63, 3.8) is 0 Å². The van der Waals surface area contributed by atoms with Gasteiger partial charge in [-0.2, -0.15) is 0 Å². The average molecular weight is 174 g/mol. The zero-order valence-electron chi connectivity index (χ0n) is 7.16. The lowest BCUT2D eigenvalue weighted by Crippen LogP contribution is -1.77. The van der Waals surface area contributed by atoms with Crippen LogP contribution in [0.2, 0.25) is 0 Å². The largest absolute Gasteiger partial charge is 0.345 e. The highest BCUT2D eigenvalue weighted by molar-refractivity contribution is 5.86. The number of carbonyl (C=O) groups excluding carboxylic acids is 1. The molecule has 1 heterocycles. The van der Waals surface area contributed by atoms with Crippen molar-refractivity contribution in [3.05, 3.63) is 36.6 Å². The van der Waals surface area contributed by atoms with Crippen molar-refractivity contribution in [1.29, 1.82) is 0 Å². The van der Waals surface area contributed by atoms with Crippen molar-refractivity contribution in [1.82, 2.24) is 4.98 Å². The highest BCUT2D eigenvalue weighted by Crippen LogP contribution is 2.21. The van der Waals surface area contributed by atoms with Crippen molar-refractivity contribution in [2.24, 2.45) is 4.99 Å². The van der Waals surface area contributed by atoms with Gasteiger partial charge in [0.25, 0.3) is 0 Å². The van der Waals surface area contributed by atoms with Gasteiger partial charge in [0, 0.05) is 23.5 Å². The summed E-state index contributed by atoms with van der Waals surface area (Å²) < 4.78 is 0. The number of hydrogen-bond donors (Lipinski definition) is 1. The van der Waals surface area contributed by atoms with Gasteiger partial charge in [-0.25, -0.2) is 4.99 Å². The third-order valence-electron chi connectivity index (χ3n) is 1.57. The summed E-state index contributed by atoms with van der Waals surface area (Å²) in [4.78, 5) is 17.4. The average Bonchev–Trinajstić information content (AvgIpc) is 2.56. The van der Waals surface area contributed by atoms with Crippen LogP contribution in [0.3, 0.4) is 0 Å². The molecule has 0 unspecified atom stereocenters. The van der Waals surface area contributed by atoms with E-state index in [1.165, 1.54) is 0 Å². The maximum absolute atomic E-state index is 10.5. The van der Waals surface area contributed by atoms with Crippen LogP contribution in [0.1, 0.15) is 15.9 Å². The van der Waals surface area contributed by atoms with Crippen LogP contribution >= 0.6 is 0 Å². The second-order valence-electron chi connectivity index (χ2n) is 2.34. The highest BCUT2D eigenvalue weighted by Gasteiger charge is 2.04. The van der Waals surface area contributed by atoms with Crippen LogP contribution in [0.4, 0.5) is 5.82 Å². The number of carbonyl (C=O) groups is 1. The number of allylic oxidation sites excluding steroid dienone is 1. The molecule has 0 atom stereocenters. The number of aldehydes is 1. The Labute approximate surface area is 76.5 Å². The van der Waals surface area contributed by atoms with Gasteiger partial charge in [0.15, 0.2) is 6.29 Å². The molecule has 0 fully saturated rings. The molecule has 0 aliphatic rings. The van der Waals surface area contributed by atoms with Gasteiger partial charge in [0.2, 0.25) is 0 Å². The van der Waals surface area contributed by atoms with Gasteiger partial charge in [0.05, 0.1) is 0 Å². The first kappa shape index (κ1) is 9.19. The lowest BCUT2D eigenvalue weighted by atomic mass is 10.2. The Morgan fingerprint density at radius 3 is 2.77 bits per heavy atom. The monoisotopic (exact) mass is 174 g/mol. The van der Waals surface area contributed by atoms with E-state index in [1.807, 2.05) is 0 Å². The molecule has 0 bridgehead atoms. The van der Waals surface area contributed by atoms with E-state index in [2.05, 4.69) is 23.1 Å². The number of rotatable bonds is 4. The predicted octanol–water partition coefficient (Wildman–Crippen LogP) is 2.36. The quantitative estimate of drug-likeness (QED) is 0.552. The summed E-state index contributed by atoms with van der Waals surface area (Å²) in [6.45, 7) is 7.10. The number of nitrogens with zero attached hydrogens (tertiary/aromatic N) is 1. The van der Waals surface area contributed by atoms with Crippen LogP contribution < -0.4 is 0 Å². The highest BCUT2D eigenvalue weighted by atomic mass is 16.1. The molecular weight excluding hydrogens is 164 g/mol. The van der Waals surface area contributed by atoms with Gasteiger partial charge in [0.1, 0.15) is 5.82 Å². The third-order valence-corrected chi connectivity index (χ3v) is 1.57. The van der Waals surface area contributed by atoms with Gasteiger partial charge in [-0.05, 0) is 0 Å². The Morgan fingerprint density at radius 2 is 2.23 bits per heavy atom. The number of H-pyrrole nitrogens is 1. The molecular formula is C10H10N2O. The molecule has 13 heavy (non-hydrogen) atoms. The van der Waals surface area contributed by atoms with Crippen molar-refractivity contribution in [2.45, 2.75) is 0 Å². The van der Waals surface area contributed by atoms with Crippen molar-refractivity contribution >= 4 is 24.4 Å². The van der Waals surface area contributed by atoms with Gasteiger partial charge in [-0.1, -0.05) is 25.3 Å². The Kier molecular flexibility index (Phi) is 2.97. The smallest absolute Gasteiger partial charge is 0.152 e. The molecule has 3 nitrogen and oxygen atoms in total. The van der Waals surface area contributed by atoms with E-state index in [9.17, 15) is 4.79 Å². The molecule has 0 saturated carbocycles. The Morgan fingerprint density at radius 1 is 1.46 bits per heavy atom. The third kappa shape index (κ3) is 1.82. The first-order valence-electron chi connectivity index (χ1n) is 3.77. The fourth-order valence-corrected chi connectivity index (χ4v) is 0.984. The Hall–Kier alpha value is -1.90. The zero-order chi connectivity index (χ0) is 9.68. The Balaban J connectivity index is 3.14. The van der Waals surface area contributed by atoms with Crippen LogP contribution in [0.15, 0.2) is 30.4 Å². The van der Waals surface area contributed by atoms with Crippen LogP contribution in [0, 0.1) is 0 Å². The fraction of sp³-hybridized carbons (Fsp3) is 0. The lowest BCUT2D eigenvalue weighted by Gasteiger charge is -1.90. The van der Waals surface area contributed by atoms with Crippen LogP contribution in [-0.2, 0) is 0 Å². The molecule has 0 aromatic carbocycles. The molecule has 0 saturated heterocycles. The summed E-state index contributed by atoms with van der Waals surface area (Å²) in [6, 6.07) is 0. The van der Waals surface area contributed by atoms with E-state index in [0.29, 0.717) is 16.9 Å². The number of nitrogens with one attached hydrogen (secondary N) is 1. The van der Waals surface area contributed by atoms with Gasteiger partial charge in [-0.3, -0.25) is 4.79 Å². The van der Waals surface area contributed by atoms with Crippen LogP contribution in [-0.4, -0.2) is 17.5 Å². The molecule has 0 radical (unpaired) electrons. The number of aromatic nitrogens is 1. The van der Waals surface area contributed by atoms with Gasteiger partial charge < -0.3 is 4.98 Å². The van der Waals surface area contributed by atoms with Crippen LogP contribution in [0.5, 0.6) is 0 Å². The summed E-state index contributed by atoms with van der Waals surface area (Å²) in [5, 5.41) is 0.